The highest BCUT2D eigenvalue weighted by Crippen LogP contribution is 2.17. The number of aryl methyl sites for hydroxylation is 1. The molecule has 0 aliphatic heterocycles. The zero-order valence-corrected chi connectivity index (χ0v) is 15.0. The Balaban J connectivity index is 1.89. The van der Waals surface area contributed by atoms with E-state index in [9.17, 15) is 9.90 Å². The number of aromatic hydroxyl groups is 1. The Hall–Kier alpha value is -2.09. The minimum Gasteiger partial charge on any atom is -0.508 e. The number of anilines is 1. The van der Waals surface area contributed by atoms with Gasteiger partial charge in [-0.3, -0.25) is 4.79 Å². The molecule has 0 fully saturated rings. The van der Waals surface area contributed by atoms with Gasteiger partial charge in [0.1, 0.15) is 11.8 Å². The maximum Gasteiger partial charge on any atom is 0.262 e. The van der Waals surface area contributed by atoms with Crippen LogP contribution in [0.4, 0.5) is 5.69 Å². The summed E-state index contributed by atoms with van der Waals surface area (Å²) in [5.74, 6) is -0.0342. The third-order valence-corrected chi connectivity index (χ3v) is 4.43. The van der Waals surface area contributed by atoms with Crippen LogP contribution >= 0.6 is 22.6 Å². The lowest BCUT2D eigenvalue weighted by Gasteiger charge is -2.14. The number of hydrazone groups is 1. The molecular weight excluding hydrogens is 405 g/mol. The van der Waals surface area contributed by atoms with Gasteiger partial charge in [-0.15, -0.1) is 0 Å². The lowest BCUT2D eigenvalue weighted by atomic mass is 10.2. The predicted molar refractivity (Wildman–Crippen MR) is 101 cm³/mol. The zero-order valence-electron chi connectivity index (χ0n) is 12.9. The third-order valence-electron chi connectivity index (χ3n) is 3.22. The Kier molecular flexibility index (Phi) is 5.97. The minimum absolute atomic E-state index is 0.192. The fourth-order valence-electron chi connectivity index (χ4n) is 1.88. The van der Waals surface area contributed by atoms with Gasteiger partial charge in [-0.1, -0.05) is 0 Å². The van der Waals surface area contributed by atoms with Crippen molar-refractivity contribution in [1.82, 2.24) is 5.43 Å². The molecule has 0 saturated carbocycles. The molecule has 5 nitrogen and oxygen atoms in total. The maximum atomic E-state index is 12.0. The lowest BCUT2D eigenvalue weighted by molar-refractivity contribution is -0.121. The summed E-state index contributed by atoms with van der Waals surface area (Å²) in [5.41, 5.74) is 5.34. The molecule has 1 amide bonds. The lowest BCUT2D eigenvalue weighted by Crippen LogP contribution is -2.34. The van der Waals surface area contributed by atoms with Crippen molar-refractivity contribution >= 4 is 40.4 Å². The molecule has 120 valence electrons. The second-order valence-corrected chi connectivity index (χ2v) is 6.32. The van der Waals surface area contributed by atoms with Crippen molar-refractivity contribution < 1.29 is 9.90 Å². The van der Waals surface area contributed by atoms with Crippen LogP contribution in [-0.2, 0) is 4.79 Å². The molecule has 0 saturated heterocycles. The average Bonchev–Trinajstić information content (AvgIpc) is 2.52. The summed E-state index contributed by atoms with van der Waals surface area (Å²) >= 11 is 2.27. The number of phenols is 1. The average molecular weight is 423 g/mol. The van der Waals surface area contributed by atoms with Crippen molar-refractivity contribution in [3.05, 3.63) is 57.2 Å². The van der Waals surface area contributed by atoms with Gasteiger partial charge < -0.3 is 10.4 Å². The Labute approximate surface area is 148 Å². The maximum absolute atomic E-state index is 12.0. The normalized spacial score (nSPS) is 12.1. The number of halogens is 1. The first kappa shape index (κ1) is 17.3. The Morgan fingerprint density at radius 2 is 1.96 bits per heavy atom. The second-order valence-electron chi connectivity index (χ2n) is 5.16. The van der Waals surface area contributed by atoms with E-state index in [1.807, 2.05) is 25.1 Å². The van der Waals surface area contributed by atoms with Gasteiger partial charge in [0.15, 0.2) is 0 Å². The molecule has 6 heteroatoms. The van der Waals surface area contributed by atoms with Crippen molar-refractivity contribution in [1.29, 1.82) is 0 Å². The number of phenolic OH excluding ortho intramolecular Hbond substituents is 1. The minimum atomic E-state index is -0.411. The van der Waals surface area contributed by atoms with Crippen LogP contribution in [0.15, 0.2) is 47.6 Å². The van der Waals surface area contributed by atoms with Crippen molar-refractivity contribution in [2.45, 2.75) is 19.9 Å². The molecule has 0 bridgehead atoms. The Morgan fingerprint density at radius 3 is 2.61 bits per heavy atom. The molecule has 1 atom stereocenters. The van der Waals surface area contributed by atoms with Crippen LogP contribution in [0.25, 0.3) is 0 Å². The number of carbonyl (C=O) groups excluding carboxylic acids is 1. The third kappa shape index (κ3) is 5.24. The van der Waals surface area contributed by atoms with Gasteiger partial charge in [-0.2, -0.15) is 5.10 Å². The molecule has 0 spiro atoms. The highest BCUT2D eigenvalue weighted by molar-refractivity contribution is 14.1. The quantitative estimate of drug-likeness (QED) is 0.393. The highest BCUT2D eigenvalue weighted by atomic mass is 127. The fraction of sp³-hybridized carbons (Fsp3) is 0.176. The first-order valence-corrected chi connectivity index (χ1v) is 8.18. The predicted octanol–water partition coefficient (Wildman–Crippen LogP) is 3.26. The van der Waals surface area contributed by atoms with E-state index in [4.69, 9.17) is 0 Å². The summed E-state index contributed by atoms with van der Waals surface area (Å²) in [6.07, 6.45) is 1.53. The van der Waals surface area contributed by atoms with Gasteiger partial charge in [-0.05, 0) is 90.0 Å². The monoisotopic (exact) mass is 423 g/mol. The number of nitrogens with one attached hydrogen (secondary N) is 2. The molecule has 2 aromatic carbocycles. The number of hydrogen-bond donors (Lipinski definition) is 3. The molecule has 0 unspecified atom stereocenters. The summed E-state index contributed by atoms with van der Waals surface area (Å²) in [7, 11) is 0. The molecule has 0 heterocycles. The van der Waals surface area contributed by atoms with E-state index in [1.165, 1.54) is 9.78 Å². The zero-order chi connectivity index (χ0) is 16.8. The van der Waals surface area contributed by atoms with Crippen LogP contribution < -0.4 is 10.7 Å². The topological polar surface area (TPSA) is 73.7 Å². The van der Waals surface area contributed by atoms with Gasteiger partial charge in [-0.25, -0.2) is 5.43 Å². The molecule has 2 rings (SSSR count). The first-order chi connectivity index (χ1) is 11.0. The van der Waals surface area contributed by atoms with E-state index >= 15 is 0 Å². The second kappa shape index (κ2) is 7.96. The van der Waals surface area contributed by atoms with Crippen LogP contribution in [0.1, 0.15) is 18.1 Å². The summed E-state index contributed by atoms with van der Waals surface area (Å²) in [4.78, 5) is 12.0. The molecule has 0 aliphatic rings. The van der Waals surface area contributed by atoms with Crippen molar-refractivity contribution in [3.8, 4) is 5.75 Å². The number of carbonyl (C=O) groups is 1. The van der Waals surface area contributed by atoms with Gasteiger partial charge in [0.2, 0.25) is 0 Å². The molecule has 23 heavy (non-hydrogen) atoms. The molecule has 0 aliphatic carbocycles. The number of amides is 1. The van der Waals surface area contributed by atoms with E-state index in [0.717, 1.165) is 16.8 Å². The number of hydrogen-bond acceptors (Lipinski definition) is 4. The van der Waals surface area contributed by atoms with E-state index in [1.54, 1.807) is 31.2 Å². The summed E-state index contributed by atoms with van der Waals surface area (Å²) in [5, 5.41) is 16.3. The number of benzene rings is 2. The van der Waals surface area contributed by atoms with Gasteiger partial charge in [0.25, 0.3) is 5.91 Å². The Bertz CT molecular complexity index is 714. The van der Waals surface area contributed by atoms with Crippen molar-refractivity contribution in [2.75, 3.05) is 5.32 Å². The molecule has 2 aromatic rings. The highest BCUT2D eigenvalue weighted by Gasteiger charge is 2.11. The van der Waals surface area contributed by atoms with Crippen molar-refractivity contribution in [2.24, 2.45) is 5.10 Å². The Morgan fingerprint density at radius 1 is 1.26 bits per heavy atom. The van der Waals surface area contributed by atoms with E-state index in [-0.39, 0.29) is 11.7 Å². The fourth-order valence-corrected chi connectivity index (χ4v) is 2.21. The van der Waals surface area contributed by atoms with Crippen molar-refractivity contribution in [3.63, 3.8) is 0 Å². The SMILES string of the molecule is Cc1cc(N[C@@H](C)C(=O)N/N=C\c2ccc(O)cc2)ccc1I. The van der Waals surface area contributed by atoms with Crippen LogP contribution in [0.5, 0.6) is 5.75 Å². The van der Waals surface area contributed by atoms with E-state index < -0.39 is 6.04 Å². The number of rotatable bonds is 5. The van der Waals surface area contributed by atoms with E-state index in [2.05, 4.69) is 38.4 Å². The smallest absolute Gasteiger partial charge is 0.262 e. The molecule has 3 N–H and O–H groups in total. The van der Waals surface area contributed by atoms with Crippen LogP contribution in [0.2, 0.25) is 0 Å². The number of nitrogens with zero attached hydrogens (tertiary/aromatic N) is 1. The first-order valence-electron chi connectivity index (χ1n) is 7.10. The molecule has 0 radical (unpaired) electrons. The van der Waals surface area contributed by atoms with Gasteiger partial charge in [0.05, 0.1) is 6.21 Å². The largest absolute Gasteiger partial charge is 0.508 e. The van der Waals surface area contributed by atoms with Crippen LogP contribution in [0.3, 0.4) is 0 Å². The van der Waals surface area contributed by atoms with Gasteiger partial charge >= 0.3 is 0 Å². The molecular formula is C17H18IN3O2. The summed E-state index contributed by atoms with van der Waals surface area (Å²) in [6.45, 7) is 3.80. The summed E-state index contributed by atoms with van der Waals surface area (Å²) in [6, 6.07) is 12.1. The van der Waals surface area contributed by atoms with E-state index in [0.29, 0.717) is 0 Å². The van der Waals surface area contributed by atoms with Crippen LogP contribution in [0, 0.1) is 10.5 Å². The summed E-state index contributed by atoms with van der Waals surface area (Å²) < 4.78 is 1.18. The van der Waals surface area contributed by atoms with Gasteiger partial charge in [0, 0.05) is 9.26 Å². The van der Waals surface area contributed by atoms with Crippen LogP contribution in [-0.4, -0.2) is 23.3 Å². The standard InChI is InChI=1S/C17H18IN3O2/c1-11-9-14(5-8-16(11)18)20-12(2)17(23)21-19-10-13-3-6-15(22)7-4-13/h3-10,12,20,22H,1-2H3,(H,21,23)/b19-10-/t12-/m0/s1. The molecule has 0 aromatic heterocycles.